The Kier molecular flexibility index (Phi) is 7.33. The van der Waals surface area contributed by atoms with Gasteiger partial charge in [0, 0.05) is 0 Å². The van der Waals surface area contributed by atoms with Crippen LogP contribution in [-0.2, 0) is 18.1 Å². The lowest BCUT2D eigenvalue weighted by Gasteiger charge is -2.34. The van der Waals surface area contributed by atoms with E-state index in [9.17, 15) is 4.57 Å². The first-order valence-corrected chi connectivity index (χ1v) is 7.30. The molecule has 1 atom stereocenters. The molecule has 0 aromatic carbocycles. The molecule has 0 rings (SSSR count). The van der Waals surface area contributed by atoms with Crippen LogP contribution in [0.4, 0.5) is 0 Å². The number of hydrogen-bond acceptors (Lipinski definition) is 4. The van der Waals surface area contributed by atoms with Gasteiger partial charge in [0.05, 0.1) is 16.8 Å². The lowest BCUT2D eigenvalue weighted by atomic mass is 10.2. The molecule has 0 aromatic rings. The first-order valence-electron chi connectivity index (χ1n) is 5.84. The fourth-order valence-electron chi connectivity index (χ4n) is 1.06. The molecular formula is C12H30O4P2. The van der Waals surface area contributed by atoms with Crippen LogP contribution in [0, 0.1) is 0 Å². The average Bonchev–Trinajstić information content (AvgIpc) is 1.65. The second kappa shape index (κ2) is 6.33. The molecule has 0 heterocycles. The second-order valence-corrected chi connectivity index (χ2v) is 8.50. The van der Waals surface area contributed by atoms with Crippen molar-refractivity contribution in [2.75, 3.05) is 0 Å². The molecule has 0 radical (unpaired) electrons. The summed E-state index contributed by atoms with van der Waals surface area (Å²) in [6, 6.07) is 0. The SMILES string of the molecule is CC(C)(C)OP(=O)(OC(C)(C)C)OC(C)(C)C.P. The van der Waals surface area contributed by atoms with Gasteiger partial charge in [0.1, 0.15) is 0 Å². The molecule has 0 fully saturated rings. The van der Waals surface area contributed by atoms with Crippen molar-refractivity contribution >= 4 is 17.7 Å². The molecule has 18 heavy (non-hydrogen) atoms. The highest BCUT2D eigenvalue weighted by Crippen LogP contribution is 2.57. The van der Waals surface area contributed by atoms with Gasteiger partial charge in [-0.15, -0.1) is 0 Å². The van der Waals surface area contributed by atoms with Crippen LogP contribution in [0.2, 0.25) is 0 Å². The molecule has 0 bridgehead atoms. The highest BCUT2D eigenvalue weighted by molar-refractivity contribution is 7.48. The molecular weight excluding hydrogens is 270 g/mol. The molecule has 0 N–H and O–H groups in total. The van der Waals surface area contributed by atoms with Crippen LogP contribution in [0.15, 0.2) is 0 Å². The Hall–Kier alpha value is 0.540. The summed E-state index contributed by atoms with van der Waals surface area (Å²) in [4.78, 5) is 0. The zero-order valence-corrected chi connectivity index (χ0v) is 15.6. The molecule has 0 amide bonds. The summed E-state index contributed by atoms with van der Waals surface area (Å²) in [5.41, 5.74) is -1.77. The molecule has 0 aromatic heterocycles. The molecule has 1 unspecified atom stereocenters. The van der Waals surface area contributed by atoms with Crippen LogP contribution in [0.25, 0.3) is 0 Å². The van der Waals surface area contributed by atoms with E-state index in [2.05, 4.69) is 0 Å². The monoisotopic (exact) mass is 300 g/mol. The Morgan fingerprint density at radius 2 is 0.778 bits per heavy atom. The first kappa shape index (κ1) is 20.8. The van der Waals surface area contributed by atoms with Crippen LogP contribution >= 0.6 is 17.7 Å². The van der Waals surface area contributed by atoms with Crippen LogP contribution in [0.3, 0.4) is 0 Å². The van der Waals surface area contributed by atoms with E-state index in [1.54, 1.807) is 0 Å². The van der Waals surface area contributed by atoms with Crippen LogP contribution in [0.5, 0.6) is 0 Å². The predicted molar refractivity (Wildman–Crippen MR) is 81.2 cm³/mol. The highest BCUT2D eigenvalue weighted by atomic mass is 31.2. The van der Waals surface area contributed by atoms with Crippen molar-refractivity contribution in [2.45, 2.75) is 79.1 Å². The van der Waals surface area contributed by atoms with Gasteiger partial charge in [-0.25, -0.2) is 4.57 Å². The third-order valence-electron chi connectivity index (χ3n) is 1.16. The van der Waals surface area contributed by atoms with Crippen LogP contribution < -0.4 is 0 Å². The Balaban J connectivity index is 0. The Labute approximate surface area is 115 Å². The maximum atomic E-state index is 12.6. The molecule has 0 aliphatic rings. The quantitative estimate of drug-likeness (QED) is 0.715. The highest BCUT2D eigenvalue weighted by Gasteiger charge is 2.40. The van der Waals surface area contributed by atoms with Crippen molar-refractivity contribution in [1.82, 2.24) is 0 Å². The third kappa shape index (κ3) is 11.6. The van der Waals surface area contributed by atoms with E-state index in [4.69, 9.17) is 13.6 Å². The summed E-state index contributed by atoms with van der Waals surface area (Å²) in [5.74, 6) is 0. The Morgan fingerprint density at radius 3 is 0.889 bits per heavy atom. The number of hydrogen-bond donors (Lipinski definition) is 0. The maximum absolute atomic E-state index is 12.6. The molecule has 0 saturated heterocycles. The minimum Gasteiger partial charge on any atom is -0.281 e. The average molecular weight is 300 g/mol. The van der Waals surface area contributed by atoms with Crippen molar-refractivity contribution in [1.29, 1.82) is 0 Å². The number of phosphoric ester groups is 1. The van der Waals surface area contributed by atoms with Gasteiger partial charge in [-0.1, -0.05) is 0 Å². The number of rotatable bonds is 3. The number of phosphoric acid groups is 1. The van der Waals surface area contributed by atoms with Gasteiger partial charge >= 0.3 is 7.82 Å². The largest absolute Gasteiger partial charge is 0.476 e. The molecule has 0 spiro atoms. The smallest absolute Gasteiger partial charge is 0.281 e. The van der Waals surface area contributed by atoms with Gasteiger partial charge in [0.25, 0.3) is 0 Å². The molecule has 6 heteroatoms. The van der Waals surface area contributed by atoms with Crippen molar-refractivity contribution in [2.24, 2.45) is 0 Å². The van der Waals surface area contributed by atoms with Crippen LogP contribution in [0.1, 0.15) is 62.3 Å². The van der Waals surface area contributed by atoms with E-state index in [1.165, 1.54) is 0 Å². The summed E-state index contributed by atoms with van der Waals surface area (Å²) < 4.78 is 29.1. The summed E-state index contributed by atoms with van der Waals surface area (Å²) >= 11 is 0. The van der Waals surface area contributed by atoms with Gasteiger partial charge in [0.2, 0.25) is 0 Å². The topological polar surface area (TPSA) is 44.8 Å². The van der Waals surface area contributed by atoms with Gasteiger partial charge in [-0.05, 0) is 62.3 Å². The lowest BCUT2D eigenvalue weighted by Crippen LogP contribution is -2.28. The molecule has 0 saturated carbocycles. The minimum absolute atomic E-state index is 0. The van der Waals surface area contributed by atoms with Crippen LogP contribution in [-0.4, -0.2) is 16.8 Å². The Morgan fingerprint density at radius 1 is 0.611 bits per heavy atom. The summed E-state index contributed by atoms with van der Waals surface area (Å²) in [5, 5.41) is 0. The van der Waals surface area contributed by atoms with E-state index >= 15 is 0 Å². The fourth-order valence-corrected chi connectivity index (χ4v) is 3.19. The predicted octanol–water partition coefficient (Wildman–Crippen LogP) is 4.60. The molecule has 4 nitrogen and oxygen atoms in total. The Bertz CT molecular complexity index is 247. The molecule has 112 valence electrons. The molecule has 0 aliphatic carbocycles. The van der Waals surface area contributed by atoms with Crippen molar-refractivity contribution in [3.05, 3.63) is 0 Å². The summed E-state index contributed by atoms with van der Waals surface area (Å²) in [6.45, 7) is 16.4. The second-order valence-electron chi connectivity index (χ2n) is 7.06. The van der Waals surface area contributed by atoms with E-state index in [-0.39, 0.29) is 9.90 Å². The minimum atomic E-state index is -3.58. The van der Waals surface area contributed by atoms with Crippen molar-refractivity contribution in [3.63, 3.8) is 0 Å². The van der Waals surface area contributed by atoms with Crippen molar-refractivity contribution in [3.8, 4) is 0 Å². The summed E-state index contributed by atoms with van der Waals surface area (Å²) in [7, 11) is -3.58. The van der Waals surface area contributed by atoms with Crippen molar-refractivity contribution < 1.29 is 18.1 Å². The summed E-state index contributed by atoms with van der Waals surface area (Å²) in [6.07, 6.45) is 0. The standard InChI is InChI=1S/C12H27O4P.H3P/c1-10(2,3)14-17(13,15-11(4,5)6)16-12(7,8)9;/h1-9H3;1H3. The van der Waals surface area contributed by atoms with E-state index in [0.717, 1.165) is 0 Å². The van der Waals surface area contributed by atoms with Gasteiger partial charge in [0.15, 0.2) is 0 Å². The van der Waals surface area contributed by atoms with Gasteiger partial charge in [-0.2, -0.15) is 9.90 Å². The van der Waals surface area contributed by atoms with Gasteiger partial charge in [-0.3, -0.25) is 13.6 Å². The lowest BCUT2D eigenvalue weighted by molar-refractivity contribution is -0.0264. The van der Waals surface area contributed by atoms with Gasteiger partial charge < -0.3 is 0 Å². The van der Waals surface area contributed by atoms with E-state index in [1.807, 2.05) is 62.3 Å². The van der Waals surface area contributed by atoms with E-state index < -0.39 is 24.6 Å². The zero-order chi connectivity index (χ0) is 14.1. The van der Waals surface area contributed by atoms with E-state index in [0.29, 0.717) is 0 Å². The fraction of sp³-hybridized carbons (Fsp3) is 1.00. The molecule has 0 aliphatic heterocycles. The first-order chi connectivity index (χ1) is 7.12. The maximum Gasteiger partial charge on any atom is 0.476 e. The zero-order valence-electron chi connectivity index (χ0n) is 13.3. The third-order valence-corrected chi connectivity index (χ3v) is 3.47. The normalized spacial score (nSPS) is 14.3.